The number of fused-ring (bicyclic) bond motifs is 1. The first-order valence-corrected chi connectivity index (χ1v) is 7.08. The zero-order valence-electron chi connectivity index (χ0n) is 11.8. The van der Waals surface area contributed by atoms with Crippen LogP contribution < -0.4 is 5.73 Å². The standard InChI is InChI=1S/C16H15ClFN3/c1-9(2)21-15-6-4-11(17)8-14(15)20-16(21)10-3-5-12(18)13(19)7-10/h3-9H,19H2,1-2H3. The zero-order chi connectivity index (χ0) is 15.1. The number of nitrogens with two attached hydrogens (primary N) is 1. The quantitative estimate of drug-likeness (QED) is 0.700. The molecule has 1 aromatic heterocycles. The Morgan fingerprint density at radius 1 is 1.19 bits per heavy atom. The smallest absolute Gasteiger partial charge is 0.146 e. The van der Waals surface area contributed by atoms with Gasteiger partial charge in [0.2, 0.25) is 0 Å². The fraction of sp³-hybridized carbons (Fsp3) is 0.188. The highest BCUT2D eigenvalue weighted by Gasteiger charge is 2.16. The van der Waals surface area contributed by atoms with Gasteiger partial charge in [0.15, 0.2) is 0 Å². The van der Waals surface area contributed by atoms with Gasteiger partial charge < -0.3 is 10.3 Å². The molecule has 0 fully saturated rings. The molecule has 2 N–H and O–H groups in total. The number of rotatable bonds is 2. The summed E-state index contributed by atoms with van der Waals surface area (Å²) in [7, 11) is 0. The van der Waals surface area contributed by atoms with E-state index in [1.54, 1.807) is 12.1 Å². The Morgan fingerprint density at radius 3 is 2.62 bits per heavy atom. The van der Waals surface area contributed by atoms with Gasteiger partial charge in [0.25, 0.3) is 0 Å². The van der Waals surface area contributed by atoms with E-state index in [0.29, 0.717) is 5.02 Å². The minimum absolute atomic E-state index is 0.118. The van der Waals surface area contributed by atoms with E-state index in [9.17, 15) is 4.39 Å². The summed E-state index contributed by atoms with van der Waals surface area (Å²) in [6, 6.07) is 10.5. The van der Waals surface area contributed by atoms with Crippen LogP contribution in [0.2, 0.25) is 5.02 Å². The Balaban J connectivity index is 2.30. The van der Waals surface area contributed by atoms with E-state index in [1.807, 2.05) is 18.2 Å². The van der Waals surface area contributed by atoms with Crippen molar-refractivity contribution in [1.82, 2.24) is 9.55 Å². The first kappa shape index (κ1) is 13.9. The Bertz CT molecular complexity index is 824. The molecule has 0 aliphatic heterocycles. The maximum Gasteiger partial charge on any atom is 0.146 e. The average molecular weight is 304 g/mol. The highest BCUT2D eigenvalue weighted by atomic mass is 35.5. The highest BCUT2D eigenvalue weighted by Crippen LogP contribution is 2.31. The molecule has 0 spiro atoms. The normalized spacial score (nSPS) is 11.5. The van der Waals surface area contributed by atoms with Crippen LogP contribution >= 0.6 is 11.6 Å². The van der Waals surface area contributed by atoms with Gasteiger partial charge in [-0.2, -0.15) is 0 Å². The number of benzene rings is 2. The number of nitrogens with zero attached hydrogens (tertiary/aromatic N) is 2. The summed E-state index contributed by atoms with van der Waals surface area (Å²) in [5.74, 6) is 0.336. The maximum atomic E-state index is 13.4. The second-order valence-corrected chi connectivity index (χ2v) is 5.70. The van der Waals surface area contributed by atoms with Crippen molar-refractivity contribution in [3.05, 3.63) is 47.2 Å². The van der Waals surface area contributed by atoms with Crippen molar-refractivity contribution in [2.45, 2.75) is 19.9 Å². The molecule has 5 heteroatoms. The minimum atomic E-state index is -0.422. The van der Waals surface area contributed by atoms with Crippen molar-refractivity contribution in [2.24, 2.45) is 0 Å². The molecule has 0 atom stereocenters. The van der Waals surface area contributed by atoms with Crippen molar-refractivity contribution in [1.29, 1.82) is 0 Å². The van der Waals surface area contributed by atoms with Crippen molar-refractivity contribution in [3.63, 3.8) is 0 Å². The van der Waals surface area contributed by atoms with Crippen LogP contribution in [0.4, 0.5) is 10.1 Å². The third-order valence-electron chi connectivity index (χ3n) is 3.42. The number of aromatic nitrogens is 2. The number of imidazole rings is 1. The van der Waals surface area contributed by atoms with Crippen molar-refractivity contribution in [3.8, 4) is 11.4 Å². The minimum Gasteiger partial charge on any atom is -0.396 e. The van der Waals surface area contributed by atoms with Crippen molar-refractivity contribution < 1.29 is 4.39 Å². The van der Waals surface area contributed by atoms with Crippen LogP contribution in [0, 0.1) is 5.82 Å². The molecule has 0 aliphatic rings. The van der Waals surface area contributed by atoms with Crippen LogP contribution in [0.1, 0.15) is 19.9 Å². The monoisotopic (exact) mass is 303 g/mol. The van der Waals surface area contributed by atoms with Crippen LogP contribution in [-0.2, 0) is 0 Å². The van der Waals surface area contributed by atoms with E-state index in [4.69, 9.17) is 17.3 Å². The molecule has 1 heterocycles. The van der Waals surface area contributed by atoms with Gasteiger partial charge in [-0.05, 0) is 50.2 Å². The Morgan fingerprint density at radius 2 is 1.95 bits per heavy atom. The average Bonchev–Trinajstić information content (AvgIpc) is 2.80. The molecule has 0 unspecified atom stereocenters. The summed E-state index contributed by atoms with van der Waals surface area (Å²) in [5.41, 5.74) is 8.38. The molecule has 0 aliphatic carbocycles. The Kier molecular flexibility index (Phi) is 3.33. The third-order valence-corrected chi connectivity index (χ3v) is 3.66. The van der Waals surface area contributed by atoms with Gasteiger partial charge in [0, 0.05) is 16.6 Å². The molecule has 108 valence electrons. The van der Waals surface area contributed by atoms with E-state index in [-0.39, 0.29) is 11.7 Å². The van der Waals surface area contributed by atoms with Gasteiger partial charge in [-0.15, -0.1) is 0 Å². The number of anilines is 1. The molecule has 0 amide bonds. The zero-order valence-corrected chi connectivity index (χ0v) is 12.5. The second-order valence-electron chi connectivity index (χ2n) is 5.27. The van der Waals surface area contributed by atoms with E-state index in [1.165, 1.54) is 6.07 Å². The van der Waals surface area contributed by atoms with Gasteiger partial charge in [0.1, 0.15) is 11.6 Å². The van der Waals surface area contributed by atoms with Crippen molar-refractivity contribution >= 4 is 28.3 Å². The first-order valence-electron chi connectivity index (χ1n) is 6.70. The van der Waals surface area contributed by atoms with Crippen molar-refractivity contribution in [2.75, 3.05) is 5.73 Å². The number of halogens is 2. The molecule has 0 saturated carbocycles. The number of hydrogen-bond donors (Lipinski definition) is 1. The van der Waals surface area contributed by atoms with Crippen LogP contribution in [0.5, 0.6) is 0 Å². The predicted molar refractivity (Wildman–Crippen MR) is 84.9 cm³/mol. The summed E-state index contributed by atoms with van der Waals surface area (Å²) in [6.07, 6.45) is 0. The fourth-order valence-electron chi connectivity index (χ4n) is 2.48. The lowest BCUT2D eigenvalue weighted by Crippen LogP contribution is -2.03. The Labute approximate surface area is 127 Å². The molecule has 3 aromatic rings. The molecule has 0 bridgehead atoms. The molecule has 3 nitrogen and oxygen atoms in total. The summed E-state index contributed by atoms with van der Waals surface area (Å²) < 4.78 is 15.5. The first-order chi connectivity index (χ1) is 9.97. The summed E-state index contributed by atoms with van der Waals surface area (Å²) in [4.78, 5) is 4.64. The fourth-order valence-corrected chi connectivity index (χ4v) is 2.65. The van der Waals surface area contributed by atoms with Crippen LogP contribution in [0.3, 0.4) is 0 Å². The molecular formula is C16H15ClFN3. The van der Waals surface area contributed by atoms with Crippen LogP contribution in [-0.4, -0.2) is 9.55 Å². The van der Waals surface area contributed by atoms with Gasteiger partial charge >= 0.3 is 0 Å². The predicted octanol–water partition coefficient (Wildman–Crippen LogP) is 4.66. The molecule has 2 aromatic carbocycles. The molecule has 0 radical (unpaired) electrons. The largest absolute Gasteiger partial charge is 0.396 e. The van der Waals surface area contributed by atoms with E-state index in [2.05, 4.69) is 23.4 Å². The number of nitrogen functional groups attached to an aromatic ring is 1. The molecule has 3 rings (SSSR count). The molecule has 0 saturated heterocycles. The van der Waals surface area contributed by atoms with Crippen LogP contribution in [0.25, 0.3) is 22.4 Å². The third kappa shape index (κ3) is 2.36. The molecular weight excluding hydrogens is 289 g/mol. The Hall–Kier alpha value is -2.07. The van der Waals surface area contributed by atoms with Gasteiger partial charge in [-0.1, -0.05) is 11.6 Å². The van der Waals surface area contributed by atoms with E-state index < -0.39 is 5.82 Å². The summed E-state index contributed by atoms with van der Waals surface area (Å²) in [6.45, 7) is 4.15. The van der Waals surface area contributed by atoms with Gasteiger partial charge in [0.05, 0.1) is 16.7 Å². The SMILES string of the molecule is CC(C)n1c(-c2ccc(F)c(N)c2)nc2cc(Cl)ccc21. The van der Waals surface area contributed by atoms with Gasteiger partial charge in [-0.3, -0.25) is 0 Å². The summed E-state index contributed by atoms with van der Waals surface area (Å²) >= 11 is 6.03. The van der Waals surface area contributed by atoms with Crippen LogP contribution in [0.15, 0.2) is 36.4 Å². The lowest BCUT2D eigenvalue weighted by atomic mass is 10.1. The lowest BCUT2D eigenvalue weighted by molar-refractivity contribution is 0.623. The topological polar surface area (TPSA) is 43.8 Å². The number of hydrogen-bond acceptors (Lipinski definition) is 2. The highest BCUT2D eigenvalue weighted by molar-refractivity contribution is 6.31. The second kappa shape index (κ2) is 5.04. The maximum absolute atomic E-state index is 13.4. The van der Waals surface area contributed by atoms with Gasteiger partial charge in [-0.25, -0.2) is 9.37 Å². The van der Waals surface area contributed by atoms with E-state index >= 15 is 0 Å². The lowest BCUT2D eigenvalue weighted by Gasteiger charge is -2.13. The summed E-state index contributed by atoms with van der Waals surface area (Å²) in [5, 5.41) is 0.640. The van der Waals surface area contributed by atoms with E-state index in [0.717, 1.165) is 22.4 Å². The molecule has 21 heavy (non-hydrogen) atoms.